The van der Waals surface area contributed by atoms with Crippen molar-refractivity contribution >= 4 is 33.2 Å². The van der Waals surface area contributed by atoms with Gasteiger partial charge >= 0.3 is 0 Å². The zero-order chi connectivity index (χ0) is 26.4. The Morgan fingerprint density at radius 2 is 1.82 bits per heavy atom. The average molecular weight is 533 g/mol. The molecule has 202 valence electrons. The number of rotatable bonds is 10. The highest BCUT2D eigenvalue weighted by Crippen LogP contribution is 2.32. The predicted molar refractivity (Wildman–Crippen MR) is 156 cm³/mol. The second kappa shape index (κ2) is 12.4. The number of nitrogens with zero attached hydrogens (tertiary/aromatic N) is 1. The molecule has 5 rings (SSSR count). The van der Waals surface area contributed by atoms with Gasteiger partial charge < -0.3 is 20.9 Å². The number of nitrogens with one attached hydrogen (secondary N) is 3. The predicted octanol–water partition coefficient (Wildman–Crippen LogP) is 4.67. The molecule has 1 aliphatic carbocycles. The first-order valence-corrected chi connectivity index (χ1v) is 14.9. The molecule has 2 heterocycles. The van der Waals surface area contributed by atoms with Gasteiger partial charge in [0, 0.05) is 36.9 Å². The highest BCUT2D eigenvalue weighted by molar-refractivity contribution is 7.20. The summed E-state index contributed by atoms with van der Waals surface area (Å²) in [4.78, 5) is 30.4. The Balaban J connectivity index is 1.27. The Kier molecular flexibility index (Phi) is 8.77. The molecule has 2 aromatic carbocycles. The van der Waals surface area contributed by atoms with E-state index < -0.39 is 5.54 Å². The highest BCUT2D eigenvalue weighted by Gasteiger charge is 2.43. The van der Waals surface area contributed by atoms with Gasteiger partial charge in [0.2, 0.25) is 5.91 Å². The standard InChI is InChI=1S/C31H40N4O2S/c1-23-11-12-25-22-28(38-27(25)20-23)29(36)34-31(13-5-6-14-31)30(37)33-26(21-24-8-3-2-4-9-24)10-7-17-35-18-15-32-16-19-35/h2-4,8-9,11-12,20,22,26,32H,5-7,10,13-19,21H2,1H3,(H,33,37)(H,34,36)/t26-/m0/s1. The van der Waals surface area contributed by atoms with Crippen molar-refractivity contribution in [2.75, 3.05) is 32.7 Å². The Labute approximate surface area is 230 Å². The second-order valence-corrected chi connectivity index (χ2v) is 12.1. The number of benzene rings is 2. The summed E-state index contributed by atoms with van der Waals surface area (Å²) in [6.45, 7) is 7.38. The van der Waals surface area contributed by atoms with Crippen LogP contribution in [0, 0.1) is 6.92 Å². The number of carbonyl (C=O) groups is 2. The van der Waals surface area contributed by atoms with Crippen LogP contribution >= 0.6 is 11.3 Å². The van der Waals surface area contributed by atoms with E-state index in [1.165, 1.54) is 22.5 Å². The van der Waals surface area contributed by atoms with Crippen molar-refractivity contribution in [2.45, 2.75) is 63.5 Å². The third-order valence-corrected chi connectivity index (χ3v) is 9.14. The number of hydrogen-bond donors (Lipinski definition) is 3. The van der Waals surface area contributed by atoms with E-state index in [-0.39, 0.29) is 17.9 Å². The molecule has 3 aromatic rings. The SMILES string of the molecule is Cc1ccc2cc(C(=O)NC3(C(=O)N[C@@H](CCCN4CCNCC4)Cc4ccccc4)CCCC3)sc2c1. The lowest BCUT2D eigenvalue weighted by atomic mass is 9.94. The molecule has 38 heavy (non-hydrogen) atoms. The summed E-state index contributed by atoms with van der Waals surface area (Å²) in [5, 5.41) is 11.1. The van der Waals surface area contributed by atoms with Crippen LogP contribution in [-0.4, -0.2) is 61.0 Å². The van der Waals surface area contributed by atoms with E-state index in [0.29, 0.717) is 17.7 Å². The van der Waals surface area contributed by atoms with Gasteiger partial charge in [-0.3, -0.25) is 9.59 Å². The van der Waals surface area contributed by atoms with Crippen molar-refractivity contribution in [2.24, 2.45) is 0 Å². The van der Waals surface area contributed by atoms with Crippen molar-refractivity contribution in [1.82, 2.24) is 20.9 Å². The molecule has 2 aliphatic rings. The second-order valence-electron chi connectivity index (χ2n) is 11.0. The lowest BCUT2D eigenvalue weighted by molar-refractivity contribution is -0.128. The number of amides is 2. The molecule has 0 unspecified atom stereocenters. The third kappa shape index (κ3) is 6.63. The summed E-state index contributed by atoms with van der Waals surface area (Å²) in [6, 6.07) is 18.6. The Morgan fingerprint density at radius 1 is 1.05 bits per heavy atom. The first-order chi connectivity index (χ1) is 18.5. The van der Waals surface area contributed by atoms with Crippen LogP contribution in [0.25, 0.3) is 10.1 Å². The van der Waals surface area contributed by atoms with E-state index in [4.69, 9.17) is 0 Å². The minimum Gasteiger partial charge on any atom is -0.351 e. The van der Waals surface area contributed by atoms with Crippen LogP contribution in [-0.2, 0) is 11.2 Å². The maximum Gasteiger partial charge on any atom is 0.262 e. The van der Waals surface area contributed by atoms with Gasteiger partial charge in [-0.05, 0) is 74.2 Å². The Bertz CT molecular complexity index is 1230. The number of carbonyl (C=O) groups excluding carboxylic acids is 2. The molecule has 1 saturated heterocycles. The lowest BCUT2D eigenvalue weighted by Crippen LogP contribution is -2.59. The number of hydrogen-bond acceptors (Lipinski definition) is 5. The molecular weight excluding hydrogens is 492 g/mol. The van der Waals surface area contributed by atoms with E-state index in [2.05, 4.69) is 70.2 Å². The van der Waals surface area contributed by atoms with Gasteiger partial charge in [0.1, 0.15) is 5.54 Å². The fourth-order valence-electron chi connectivity index (χ4n) is 5.86. The van der Waals surface area contributed by atoms with Crippen LogP contribution in [0.3, 0.4) is 0 Å². The molecule has 0 radical (unpaired) electrons. The summed E-state index contributed by atoms with van der Waals surface area (Å²) in [5.41, 5.74) is 1.57. The highest BCUT2D eigenvalue weighted by atomic mass is 32.1. The Morgan fingerprint density at radius 3 is 2.58 bits per heavy atom. The summed E-state index contributed by atoms with van der Waals surface area (Å²) in [7, 11) is 0. The first kappa shape index (κ1) is 26.9. The van der Waals surface area contributed by atoms with Crippen LogP contribution in [0.1, 0.15) is 59.3 Å². The van der Waals surface area contributed by atoms with Crippen LogP contribution < -0.4 is 16.0 Å². The van der Waals surface area contributed by atoms with Crippen molar-refractivity contribution in [3.63, 3.8) is 0 Å². The fourth-order valence-corrected chi connectivity index (χ4v) is 6.92. The topological polar surface area (TPSA) is 73.5 Å². The van der Waals surface area contributed by atoms with E-state index >= 15 is 0 Å². The van der Waals surface area contributed by atoms with Crippen LogP contribution in [0.5, 0.6) is 0 Å². The number of fused-ring (bicyclic) bond motifs is 1. The van der Waals surface area contributed by atoms with Crippen LogP contribution in [0.2, 0.25) is 0 Å². The summed E-state index contributed by atoms with van der Waals surface area (Å²) in [5.74, 6) is -0.164. The molecule has 0 spiro atoms. The molecule has 2 amide bonds. The van der Waals surface area contributed by atoms with Crippen LogP contribution in [0.4, 0.5) is 0 Å². The molecule has 1 saturated carbocycles. The lowest BCUT2D eigenvalue weighted by Gasteiger charge is -2.32. The van der Waals surface area contributed by atoms with E-state index in [9.17, 15) is 9.59 Å². The summed E-state index contributed by atoms with van der Waals surface area (Å²) >= 11 is 1.50. The van der Waals surface area contributed by atoms with Gasteiger partial charge in [0.05, 0.1) is 4.88 Å². The van der Waals surface area contributed by atoms with Crippen LogP contribution in [0.15, 0.2) is 54.6 Å². The molecule has 1 aromatic heterocycles. The zero-order valence-corrected chi connectivity index (χ0v) is 23.2. The molecule has 7 heteroatoms. The summed E-state index contributed by atoms with van der Waals surface area (Å²) < 4.78 is 1.10. The van der Waals surface area contributed by atoms with E-state index in [0.717, 1.165) is 74.9 Å². The van der Waals surface area contributed by atoms with Gasteiger partial charge in [-0.1, -0.05) is 55.3 Å². The third-order valence-electron chi connectivity index (χ3n) is 8.04. The largest absolute Gasteiger partial charge is 0.351 e. The monoisotopic (exact) mass is 532 g/mol. The average Bonchev–Trinajstić information content (AvgIpc) is 3.57. The normalized spacial score (nSPS) is 18.3. The maximum absolute atomic E-state index is 13.9. The summed E-state index contributed by atoms with van der Waals surface area (Å²) in [6.07, 6.45) is 6.04. The molecule has 1 aliphatic heterocycles. The molecule has 0 bridgehead atoms. The minimum absolute atomic E-state index is 0.0246. The zero-order valence-electron chi connectivity index (χ0n) is 22.4. The van der Waals surface area contributed by atoms with E-state index in [1.54, 1.807) is 0 Å². The maximum atomic E-state index is 13.9. The van der Waals surface area contributed by atoms with Crippen molar-refractivity contribution in [3.05, 3.63) is 70.6 Å². The van der Waals surface area contributed by atoms with Gasteiger partial charge in [-0.15, -0.1) is 11.3 Å². The minimum atomic E-state index is -0.837. The van der Waals surface area contributed by atoms with Gasteiger partial charge in [0.15, 0.2) is 0 Å². The molecule has 3 N–H and O–H groups in total. The van der Waals surface area contributed by atoms with Gasteiger partial charge in [-0.2, -0.15) is 0 Å². The van der Waals surface area contributed by atoms with E-state index in [1.807, 2.05) is 12.1 Å². The quantitative estimate of drug-likeness (QED) is 0.355. The molecule has 6 nitrogen and oxygen atoms in total. The smallest absolute Gasteiger partial charge is 0.262 e. The van der Waals surface area contributed by atoms with Crippen molar-refractivity contribution in [3.8, 4) is 0 Å². The molecular formula is C31H40N4O2S. The number of thiophene rings is 1. The Hall–Kier alpha value is -2.74. The van der Waals surface area contributed by atoms with Gasteiger partial charge in [0.25, 0.3) is 5.91 Å². The number of piperazine rings is 1. The molecule has 2 fully saturated rings. The van der Waals surface area contributed by atoms with Crippen molar-refractivity contribution < 1.29 is 9.59 Å². The number of aryl methyl sites for hydroxylation is 1. The van der Waals surface area contributed by atoms with Crippen molar-refractivity contribution in [1.29, 1.82) is 0 Å². The fraction of sp³-hybridized carbons (Fsp3) is 0.484. The van der Waals surface area contributed by atoms with Gasteiger partial charge in [-0.25, -0.2) is 0 Å². The molecule has 1 atom stereocenters. The first-order valence-electron chi connectivity index (χ1n) is 14.1.